The predicted molar refractivity (Wildman–Crippen MR) is 86.3 cm³/mol. The molecule has 0 bridgehead atoms. The number of carboxylic acid groups (broad SMARTS) is 1. The van der Waals surface area contributed by atoms with E-state index in [-0.39, 0.29) is 10.7 Å². The van der Waals surface area contributed by atoms with Gasteiger partial charge in [-0.3, -0.25) is 0 Å². The van der Waals surface area contributed by atoms with E-state index in [0.717, 1.165) is 13.7 Å². The molecule has 0 spiro atoms. The van der Waals surface area contributed by atoms with Gasteiger partial charge in [-0.05, 0) is 52.9 Å². The first-order valence-corrected chi connectivity index (χ1v) is 7.34. The fourth-order valence-electron chi connectivity index (χ4n) is 1.39. The zero-order chi connectivity index (χ0) is 14.0. The molecule has 98 valence electrons. The lowest BCUT2D eigenvalue weighted by Gasteiger charge is -2.09. The standard InChI is InChI=1S/C12H7BrClIN2O2/c13-6-1-3-8(15)9(5-6)16-10-4-2-7(14)11(17-10)12(18)19/h1-5H,(H,16,17)(H,18,19). The minimum absolute atomic E-state index is 0.113. The van der Waals surface area contributed by atoms with Crippen LogP contribution in [-0.4, -0.2) is 16.1 Å². The van der Waals surface area contributed by atoms with Crippen LogP contribution in [0, 0.1) is 3.57 Å². The van der Waals surface area contributed by atoms with Crippen molar-refractivity contribution in [2.75, 3.05) is 5.32 Å². The van der Waals surface area contributed by atoms with E-state index in [0.29, 0.717) is 5.82 Å². The number of hydrogen-bond acceptors (Lipinski definition) is 3. The lowest BCUT2D eigenvalue weighted by atomic mass is 10.3. The van der Waals surface area contributed by atoms with Crippen molar-refractivity contribution in [2.24, 2.45) is 0 Å². The second-order valence-corrected chi connectivity index (χ2v) is 6.07. The molecular formula is C12H7BrClIN2O2. The van der Waals surface area contributed by atoms with Crippen LogP contribution in [-0.2, 0) is 0 Å². The number of carbonyl (C=O) groups is 1. The quantitative estimate of drug-likeness (QED) is 0.670. The van der Waals surface area contributed by atoms with E-state index in [1.807, 2.05) is 18.2 Å². The van der Waals surface area contributed by atoms with Crippen molar-refractivity contribution >= 4 is 67.6 Å². The van der Waals surface area contributed by atoms with Crippen LogP contribution in [0.5, 0.6) is 0 Å². The number of carboxylic acids is 1. The van der Waals surface area contributed by atoms with Gasteiger partial charge in [0.25, 0.3) is 0 Å². The average molecular weight is 453 g/mol. The predicted octanol–water partition coefficient (Wildman–Crippen LogP) is 4.54. The van der Waals surface area contributed by atoms with Gasteiger partial charge in [-0.2, -0.15) is 0 Å². The van der Waals surface area contributed by atoms with Crippen molar-refractivity contribution < 1.29 is 9.90 Å². The van der Waals surface area contributed by atoms with Crippen LogP contribution in [0.2, 0.25) is 5.02 Å². The third-order valence-corrected chi connectivity index (χ3v) is 3.98. The second-order valence-electron chi connectivity index (χ2n) is 3.58. The van der Waals surface area contributed by atoms with Crippen molar-refractivity contribution in [1.29, 1.82) is 0 Å². The number of aromatic carboxylic acids is 1. The molecule has 0 radical (unpaired) electrons. The Bertz CT molecular complexity index is 652. The smallest absolute Gasteiger partial charge is 0.356 e. The summed E-state index contributed by atoms with van der Waals surface area (Å²) in [6.07, 6.45) is 0. The van der Waals surface area contributed by atoms with Gasteiger partial charge in [-0.15, -0.1) is 0 Å². The first-order chi connectivity index (χ1) is 8.97. The van der Waals surface area contributed by atoms with Gasteiger partial charge in [0, 0.05) is 8.04 Å². The molecule has 0 aliphatic heterocycles. The summed E-state index contributed by atoms with van der Waals surface area (Å²) in [6.45, 7) is 0. The number of nitrogens with one attached hydrogen (secondary N) is 1. The molecule has 0 fully saturated rings. The third kappa shape index (κ3) is 3.58. The number of nitrogens with zero attached hydrogens (tertiary/aromatic N) is 1. The number of aromatic nitrogens is 1. The SMILES string of the molecule is O=C(O)c1nc(Nc2cc(Br)ccc2I)ccc1Cl. The summed E-state index contributed by atoms with van der Waals surface area (Å²) in [7, 11) is 0. The van der Waals surface area contributed by atoms with Crippen LogP contribution in [0.15, 0.2) is 34.8 Å². The van der Waals surface area contributed by atoms with Gasteiger partial charge in [-0.25, -0.2) is 9.78 Å². The lowest BCUT2D eigenvalue weighted by molar-refractivity contribution is 0.0691. The van der Waals surface area contributed by atoms with Crippen molar-refractivity contribution in [3.8, 4) is 0 Å². The fourth-order valence-corrected chi connectivity index (χ4v) is 2.41. The number of benzene rings is 1. The molecule has 0 saturated carbocycles. The highest BCUT2D eigenvalue weighted by atomic mass is 127. The van der Waals surface area contributed by atoms with Crippen LogP contribution < -0.4 is 5.32 Å². The highest BCUT2D eigenvalue weighted by molar-refractivity contribution is 14.1. The van der Waals surface area contributed by atoms with Gasteiger partial charge in [0.15, 0.2) is 5.69 Å². The molecule has 19 heavy (non-hydrogen) atoms. The van der Waals surface area contributed by atoms with Gasteiger partial charge >= 0.3 is 5.97 Å². The fraction of sp³-hybridized carbons (Fsp3) is 0. The Hall–Kier alpha value is -0.860. The Labute approximate surface area is 136 Å². The summed E-state index contributed by atoms with van der Waals surface area (Å²) in [5.74, 6) is -0.726. The van der Waals surface area contributed by atoms with Gasteiger partial charge in [0.05, 0.1) is 10.7 Å². The maximum absolute atomic E-state index is 11.0. The first kappa shape index (κ1) is 14.5. The number of rotatable bonds is 3. The summed E-state index contributed by atoms with van der Waals surface area (Å²) in [5, 5.41) is 12.1. The van der Waals surface area contributed by atoms with Crippen LogP contribution in [0.25, 0.3) is 0 Å². The molecule has 0 aliphatic carbocycles. The van der Waals surface area contributed by atoms with Gasteiger partial charge in [0.1, 0.15) is 5.82 Å². The van der Waals surface area contributed by atoms with Gasteiger partial charge in [-0.1, -0.05) is 27.5 Å². The molecule has 0 atom stereocenters. The Morgan fingerprint density at radius 2 is 2.11 bits per heavy atom. The van der Waals surface area contributed by atoms with E-state index in [1.54, 1.807) is 6.07 Å². The molecule has 0 aliphatic rings. The average Bonchev–Trinajstić information content (AvgIpc) is 2.36. The summed E-state index contributed by atoms with van der Waals surface area (Å²) in [5.41, 5.74) is 0.665. The van der Waals surface area contributed by atoms with E-state index in [4.69, 9.17) is 16.7 Å². The largest absolute Gasteiger partial charge is 0.476 e. The van der Waals surface area contributed by atoms with E-state index in [2.05, 4.69) is 48.8 Å². The highest BCUT2D eigenvalue weighted by Gasteiger charge is 2.12. The van der Waals surface area contributed by atoms with Gasteiger partial charge in [0.2, 0.25) is 0 Å². The molecule has 1 aromatic carbocycles. The molecule has 1 aromatic heterocycles. The summed E-state index contributed by atoms with van der Waals surface area (Å²) < 4.78 is 1.91. The van der Waals surface area contributed by atoms with Crippen molar-refractivity contribution in [3.63, 3.8) is 0 Å². The monoisotopic (exact) mass is 452 g/mol. The Kier molecular flexibility index (Phi) is 4.64. The molecule has 2 rings (SSSR count). The van der Waals surface area contributed by atoms with Crippen molar-refractivity contribution in [1.82, 2.24) is 4.98 Å². The number of pyridine rings is 1. The molecule has 7 heteroatoms. The zero-order valence-corrected chi connectivity index (χ0v) is 13.8. The summed E-state index contributed by atoms with van der Waals surface area (Å²) in [4.78, 5) is 14.9. The zero-order valence-electron chi connectivity index (χ0n) is 9.32. The Morgan fingerprint density at radius 1 is 1.37 bits per heavy atom. The number of anilines is 2. The number of halogens is 3. The van der Waals surface area contributed by atoms with Crippen LogP contribution in [0.4, 0.5) is 11.5 Å². The van der Waals surface area contributed by atoms with Crippen molar-refractivity contribution in [3.05, 3.63) is 49.1 Å². The van der Waals surface area contributed by atoms with E-state index >= 15 is 0 Å². The summed E-state index contributed by atoms with van der Waals surface area (Å²) >= 11 is 11.3. The Morgan fingerprint density at radius 3 is 2.79 bits per heavy atom. The van der Waals surface area contributed by atoms with Crippen molar-refractivity contribution in [2.45, 2.75) is 0 Å². The molecule has 2 aromatic rings. The summed E-state index contributed by atoms with van der Waals surface area (Å²) in [6, 6.07) is 8.88. The lowest BCUT2D eigenvalue weighted by Crippen LogP contribution is -2.04. The Balaban J connectivity index is 2.36. The second kappa shape index (κ2) is 6.06. The van der Waals surface area contributed by atoms with Crippen LogP contribution in [0.3, 0.4) is 0 Å². The topological polar surface area (TPSA) is 62.2 Å². The normalized spacial score (nSPS) is 10.3. The van der Waals surface area contributed by atoms with E-state index < -0.39 is 5.97 Å². The van der Waals surface area contributed by atoms with E-state index in [9.17, 15) is 4.79 Å². The molecule has 0 unspecified atom stereocenters. The third-order valence-electron chi connectivity index (χ3n) is 2.24. The molecule has 2 N–H and O–H groups in total. The van der Waals surface area contributed by atoms with Crippen LogP contribution in [0.1, 0.15) is 10.5 Å². The minimum Gasteiger partial charge on any atom is -0.476 e. The number of hydrogen-bond donors (Lipinski definition) is 2. The first-order valence-electron chi connectivity index (χ1n) is 5.09. The van der Waals surface area contributed by atoms with E-state index in [1.165, 1.54) is 6.07 Å². The maximum atomic E-state index is 11.0. The highest BCUT2D eigenvalue weighted by Crippen LogP contribution is 2.26. The van der Waals surface area contributed by atoms with Gasteiger partial charge < -0.3 is 10.4 Å². The molecule has 4 nitrogen and oxygen atoms in total. The van der Waals surface area contributed by atoms with Crippen LogP contribution >= 0.6 is 50.1 Å². The minimum atomic E-state index is -1.16. The molecular weight excluding hydrogens is 446 g/mol. The molecule has 1 heterocycles. The maximum Gasteiger partial charge on any atom is 0.356 e. The molecule has 0 amide bonds. The molecule has 0 saturated heterocycles.